The Hall–Kier alpha value is -2.66. The number of nitrogens with zero attached hydrogens (tertiary/aromatic N) is 1. The summed E-state index contributed by atoms with van der Waals surface area (Å²) in [6.07, 6.45) is 1.14. The molecule has 0 N–H and O–H groups in total. The largest absolute Gasteiger partial charge is 0.309 e. The maximum atomic E-state index is 12.9. The number of sulfone groups is 1. The van der Waals surface area contributed by atoms with Crippen molar-refractivity contribution < 1.29 is 13.2 Å². The van der Waals surface area contributed by atoms with E-state index in [1.54, 1.807) is 17.0 Å². The molecule has 0 aliphatic heterocycles. The highest BCUT2D eigenvalue weighted by molar-refractivity contribution is 7.90. The second-order valence-corrected chi connectivity index (χ2v) is 7.90. The first-order chi connectivity index (χ1) is 11.9. The molecule has 0 atom stereocenters. The number of anilines is 1. The quantitative estimate of drug-likeness (QED) is 0.714. The molecule has 0 bridgehead atoms. The average molecular weight is 353 g/mol. The van der Waals surface area contributed by atoms with Crippen LogP contribution in [0.2, 0.25) is 0 Å². The lowest BCUT2D eigenvalue weighted by Crippen LogP contribution is -2.30. The van der Waals surface area contributed by atoms with Crippen LogP contribution in [0.1, 0.15) is 17.3 Å². The molecule has 0 aliphatic rings. The van der Waals surface area contributed by atoms with Crippen molar-refractivity contribution in [3.05, 3.63) is 72.3 Å². The van der Waals surface area contributed by atoms with E-state index in [1.807, 2.05) is 49.4 Å². The van der Waals surface area contributed by atoms with E-state index in [0.717, 1.165) is 22.7 Å². The highest BCUT2D eigenvalue weighted by atomic mass is 32.2. The summed E-state index contributed by atoms with van der Waals surface area (Å²) in [5.74, 6) is -0.219. The van der Waals surface area contributed by atoms with E-state index in [-0.39, 0.29) is 10.8 Å². The summed E-state index contributed by atoms with van der Waals surface area (Å²) in [6.45, 7) is 2.38. The van der Waals surface area contributed by atoms with Crippen molar-refractivity contribution in [1.82, 2.24) is 0 Å². The van der Waals surface area contributed by atoms with Crippen LogP contribution in [-0.2, 0) is 9.84 Å². The highest BCUT2D eigenvalue weighted by Crippen LogP contribution is 2.24. The van der Waals surface area contributed by atoms with Gasteiger partial charge in [0.05, 0.1) is 4.90 Å². The summed E-state index contributed by atoms with van der Waals surface area (Å²) in [6, 6.07) is 20.0. The van der Waals surface area contributed by atoms with E-state index < -0.39 is 9.84 Å². The van der Waals surface area contributed by atoms with Crippen LogP contribution in [0.15, 0.2) is 71.6 Å². The van der Waals surface area contributed by atoms with Gasteiger partial charge in [-0.15, -0.1) is 0 Å². The fraction of sp³-hybridized carbons (Fsp3) is 0.150. The number of amides is 1. The van der Waals surface area contributed by atoms with Gasteiger partial charge in [-0.2, -0.15) is 0 Å². The molecule has 0 spiro atoms. The van der Waals surface area contributed by atoms with Gasteiger partial charge in [0.15, 0.2) is 9.84 Å². The topological polar surface area (TPSA) is 54.5 Å². The Labute approximate surface area is 147 Å². The molecule has 0 saturated heterocycles. The second-order valence-electron chi connectivity index (χ2n) is 5.88. The van der Waals surface area contributed by atoms with Gasteiger partial charge in [-0.3, -0.25) is 4.79 Å². The molecular weight excluding hydrogens is 334 g/mol. The fourth-order valence-electron chi connectivity index (χ4n) is 2.80. The van der Waals surface area contributed by atoms with Crippen LogP contribution in [0.5, 0.6) is 0 Å². The summed E-state index contributed by atoms with van der Waals surface area (Å²) in [5.41, 5.74) is 1.15. The van der Waals surface area contributed by atoms with Crippen molar-refractivity contribution in [2.45, 2.75) is 11.8 Å². The smallest absolute Gasteiger partial charge is 0.258 e. The molecule has 3 rings (SSSR count). The summed E-state index contributed by atoms with van der Waals surface area (Å²) >= 11 is 0. The molecule has 25 heavy (non-hydrogen) atoms. The van der Waals surface area contributed by atoms with Gasteiger partial charge in [0.1, 0.15) is 0 Å². The number of rotatable bonds is 4. The zero-order valence-corrected chi connectivity index (χ0v) is 15.0. The van der Waals surface area contributed by atoms with Gasteiger partial charge in [0.2, 0.25) is 0 Å². The van der Waals surface area contributed by atoms with Crippen molar-refractivity contribution in [2.75, 3.05) is 17.7 Å². The van der Waals surface area contributed by atoms with E-state index in [2.05, 4.69) is 0 Å². The van der Waals surface area contributed by atoms with Crippen LogP contribution in [0, 0.1) is 0 Å². The van der Waals surface area contributed by atoms with E-state index >= 15 is 0 Å². The van der Waals surface area contributed by atoms with E-state index in [9.17, 15) is 13.2 Å². The van der Waals surface area contributed by atoms with Gasteiger partial charge in [-0.25, -0.2) is 8.42 Å². The van der Waals surface area contributed by atoms with Crippen LogP contribution >= 0.6 is 0 Å². The van der Waals surface area contributed by atoms with Crippen molar-refractivity contribution in [1.29, 1.82) is 0 Å². The minimum absolute atomic E-state index is 0.146. The van der Waals surface area contributed by atoms with Crippen LogP contribution < -0.4 is 4.90 Å². The van der Waals surface area contributed by atoms with Crippen molar-refractivity contribution in [3.63, 3.8) is 0 Å². The lowest BCUT2D eigenvalue weighted by atomic mass is 10.1. The van der Waals surface area contributed by atoms with Gasteiger partial charge in [0, 0.05) is 24.1 Å². The van der Waals surface area contributed by atoms with Crippen molar-refractivity contribution in [3.8, 4) is 0 Å². The van der Waals surface area contributed by atoms with E-state index in [0.29, 0.717) is 12.1 Å². The predicted octanol–water partition coefficient (Wildman–Crippen LogP) is 3.91. The summed E-state index contributed by atoms with van der Waals surface area (Å²) in [7, 11) is -3.36. The Morgan fingerprint density at radius 1 is 0.920 bits per heavy atom. The Bertz CT molecular complexity index is 1040. The molecule has 0 unspecified atom stereocenters. The molecule has 4 nitrogen and oxygen atoms in total. The number of benzene rings is 3. The molecule has 0 radical (unpaired) electrons. The van der Waals surface area contributed by atoms with Crippen molar-refractivity contribution in [2.24, 2.45) is 0 Å². The Balaban J connectivity index is 2.01. The van der Waals surface area contributed by atoms with Crippen LogP contribution in [-0.4, -0.2) is 27.1 Å². The Morgan fingerprint density at radius 2 is 1.64 bits per heavy atom. The van der Waals surface area contributed by atoms with Gasteiger partial charge >= 0.3 is 0 Å². The number of carbonyl (C=O) groups is 1. The van der Waals surface area contributed by atoms with Gasteiger partial charge in [-0.1, -0.05) is 36.4 Å². The van der Waals surface area contributed by atoms with Crippen molar-refractivity contribution >= 4 is 32.2 Å². The molecule has 128 valence electrons. The van der Waals surface area contributed by atoms with Gasteiger partial charge in [-0.05, 0) is 48.0 Å². The van der Waals surface area contributed by atoms with Crippen LogP contribution in [0.4, 0.5) is 5.69 Å². The fourth-order valence-corrected chi connectivity index (χ4v) is 3.47. The Kier molecular flexibility index (Phi) is 4.59. The molecule has 5 heteroatoms. The number of fused-ring (bicyclic) bond motifs is 1. The maximum absolute atomic E-state index is 12.9. The van der Waals surface area contributed by atoms with Crippen LogP contribution in [0.3, 0.4) is 0 Å². The van der Waals surface area contributed by atoms with Gasteiger partial charge < -0.3 is 4.90 Å². The first-order valence-corrected chi connectivity index (χ1v) is 9.90. The third-order valence-electron chi connectivity index (χ3n) is 4.12. The minimum Gasteiger partial charge on any atom is -0.309 e. The molecule has 1 amide bonds. The molecule has 3 aromatic rings. The first-order valence-electron chi connectivity index (χ1n) is 8.01. The summed E-state index contributed by atoms with van der Waals surface area (Å²) < 4.78 is 23.5. The molecule has 0 saturated carbocycles. The summed E-state index contributed by atoms with van der Waals surface area (Å²) in [5, 5.41) is 2.16. The standard InChI is InChI=1S/C20H19NO3S/c1-3-21(18-12-11-15-7-4-5-8-16(15)13-18)20(22)17-9-6-10-19(14-17)25(2,23)24/h4-14H,3H2,1-2H3. The molecule has 0 aliphatic carbocycles. The molecule has 0 heterocycles. The lowest BCUT2D eigenvalue weighted by Gasteiger charge is -2.22. The number of hydrogen-bond acceptors (Lipinski definition) is 3. The first kappa shape index (κ1) is 17.2. The van der Waals surface area contributed by atoms with Crippen LogP contribution in [0.25, 0.3) is 10.8 Å². The molecule has 0 fully saturated rings. The predicted molar refractivity (Wildman–Crippen MR) is 101 cm³/mol. The molecule has 0 aromatic heterocycles. The average Bonchev–Trinajstić information content (AvgIpc) is 2.61. The van der Waals surface area contributed by atoms with Gasteiger partial charge in [0.25, 0.3) is 5.91 Å². The monoisotopic (exact) mass is 353 g/mol. The third kappa shape index (κ3) is 3.56. The maximum Gasteiger partial charge on any atom is 0.258 e. The minimum atomic E-state index is -3.36. The number of hydrogen-bond donors (Lipinski definition) is 0. The zero-order valence-electron chi connectivity index (χ0n) is 14.1. The molecule has 3 aromatic carbocycles. The lowest BCUT2D eigenvalue weighted by molar-refractivity contribution is 0.0988. The number of carbonyl (C=O) groups excluding carboxylic acids is 1. The third-order valence-corrected chi connectivity index (χ3v) is 5.23. The molecular formula is C20H19NO3S. The second kappa shape index (κ2) is 6.69. The summed E-state index contributed by atoms with van der Waals surface area (Å²) in [4.78, 5) is 14.7. The Morgan fingerprint density at radius 3 is 2.32 bits per heavy atom. The van der Waals surface area contributed by atoms with E-state index in [1.165, 1.54) is 12.1 Å². The zero-order chi connectivity index (χ0) is 18.0. The highest BCUT2D eigenvalue weighted by Gasteiger charge is 2.18. The van der Waals surface area contributed by atoms with E-state index in [4.69, 9.17) is 0 Å². The SMILES string of the molecule is CCN(C(=O)c1cccc(S(C)(=O)=O)c1)c1ccc2ccccc2c1. The normalized spacial score (nSPS) is 11.4.